The first kappa shape index (κ1) is 10.1. The number of hydrogen-bond donors (Lipinski definition) is 0. The average Bonchev–Trinajstić information content (AvgIpc) is 1.97. The van der Waals surface area contributed by atoms with E-state index in [1.165, 1.54) is 0 Å². The van der Waals surface area contributed by atoms with Crippen molar-refractivity contribution in [3.8, 4) is 0 Å². The van der Waals surface area contributed by atoms with Crippen LogP contribution in [-0.2, 0) is 0 Å². The summed E-state index contributed by atoms with van der Waals surface area (Å²) in [5.74, 6) is 1.48. The predicted octanol–water partition coefficient (Wildman–Crippen LogP) is 4.20. The fraction of sp³-hybridized carbons (Fsp3) is 0.818. The zero-order chi connectivity index (χ0) is 9.35. The van der Waals surface area contributed by atoms with E-state index < -0.39 is 0 Å². The second kappa shape index (κ2) is 3.41. The normalized spacial score (nSPS) is 36.8. The summed E-state index contributed by atoms with van der Waals surface area (Å²) in [4.78, 5) is 0. The Labute approximate surface area is 81.0 Å². The van der Waals surface area contributed by atoms with Crippen LogP contribution in [-0.4, -0.2) is 0 Å². The van der Waals surface area contributed by atoms with E-state index >= 15 is 0 Å². The molecule has 12 heavy (non-hydrogen) atoms. The quantitative estimate of drug-likeness (QED) is 0.576. The molecule has 1 rings (SSSR count). The second-order valence-electron chi connectivity index (χ2n) is 4.63. The van der Waals surface area contributed by atoms with E-state index in [-0.39, 0.29) is 0 Å². The molecule has 0 bridgehead atoms. The summed E-state index contributed by atoms with van der Waals surface area (Å²) >= 11 is 6.07. The summed E-state index contributed by atoms with van der Waals surface area (Å²) in [6.45, 7) is 9.29. The van der Waals surface area contributed by atoms with Gasteiger partial charge in [0.2, 0.25) is 0 Å². The van der Waals surface area contributed by atoms with Crippen molar-refractivity contribution in [2.24, 2.45) is 17.3 Å². The third-order valence-electron chi connectivity index (χ3n) is 3.69. The molecule has 0 N–H and O–H groups in total. The summed E-state index contributed by atoms with van der Waals surface area (Å²) in [6.07, 6.45) is 4.39. The zero-order valence-corrected chi connectivity index (χ0v) is 9.28. The summed E-state index contributed by atoms with van der Waals surface area (Å²) in [5, 5.41) is 1.06. The molecule has 0 saturated carbocycles. The van der Waals surface area contributed by atoms with Gasteiger partial charge in [-0.15, -0.1) is 0 Å². The highest BCUT2D eigenvalue weighted by Gasteiger charge is 2.36. The first-order chi connectivity index (χ1) is 5.47. The van der Waals surface area contributed by atoms with E-state index in [0.717, 1.165) is 29.7 Å². The Morgan fingerprint density at radius 1 is 1.58 bits per heavy atom. The van der Waals surface area contributed by atoms with Crippen molar-refractivity contribution in [1.82, 2.24) is 0 Å². The van der Waals surface area contributed by atoms with E-state index in [0.29, 0.717) is 5.41 Å². The van der Waals surface area contributed by atoms with Crippen LogP contribution in [0.25, 0.3) is 0 Å². The summed E-state index contributed by atoms with van der Waals surface area (Å²) in [6, 6.07) is 0. The van der Waals surface area contributed by atoms with E-state index in [4.69, 9.17) is 11.6 Å². The van der Waals surface area contributed by atoms with Crippen LogP contribution in [0.4, 0.5) is 0 Å². The minimum atomic E-state index is 0.409. The Morgan fingerprint density at radius 3 is 2.58 bits per heavy atom. The number of rotatable bonds is 1. The monoisotopic (exact) mass is 186 g/mol. The number of halogens is 1. The summed E-state index contributed by atoms with van der Waals surface area (Å²) in [7, 11) is 0. The molecule has 0 amide bonds. The lowest BCUT2D eigenvalue weighted by molar-refractivity contribution is 0.120. The van der Waals surface area contributed by atoms with Crippen molar-refractivity contribution in [3.63, 3.8) is 0 Å². The van der Waals surface area contributed by atoms with Gasteiger partial charge in [-0.1, -0.05) is 45.4 Å². The molecule has 0 saturated heterocycles. The average molecular weight is 187 g/mol. The van der Waals surface area contributed by atoms with Gasteiger partial charge in [0.05, 0.1) is 0 Å². The van der Waals surface area contributed by atoms with Gasteiger partial charge in [0.1, 0.15) is 0 Å². The highest BCUT2D eigenvalue weighted by atomic mass is 35.5. The molecule has 0 radical (unpaired) electrons. The van der Waals surface area contributed by atoms with Gasteiger partial charge in [-0.05, 0) is 30.1 Å². The largest absolute Gasteiger partial charge is 0.0895 e. The molecule has 0 heterocycles. The maximum atomic E-state index is 6.07. The molecule has 1 aliphatic carbocycles. The molecular formula is C11H19Cl. The van der Waals surface area contributed by atoms with Gasteiger partial charge in [-0.2, -0.15) is 0 Å². The topological polar surface area (TPSA) is 0 Å². The molecule has 0 aromatic heterocycles. The van der Waals surface area contributed by atoms with Gasteiger partial charge >= 0.3 is 0 Å². The maximum absolute atomic E-state index is 6.07. The van der Waals surface area contributed by atoms with Crippen molar-refractivity contribution in [3.05, 3.63) is 11.1 Å². The molecule has 0 spiro atoms. The summed E-state index contributed by atoms with van der Waals surface area (Å²) < 4.78 is 0. The van der Waals surface area contributed by atoms with Crippen LogP contribution in [0.1, 0.15) is 40.5 Å². The molecule has 0 fully saturated rings. The standard InChI is InChI=1S/C11H19Cl/c1-8(2)11(4)7-10(12)6-5-9(11)3/h6,8-9H,5,7H2,1-4H3. The molecule has 0 aliphatic heterocycles. The van der Waals surface area contributed by atoms with Gasteiger partial charge in [-0.25, -0.2) is 0 Å². The minimum absolute atomic E-state index is 0.409. The molecule has 0 aromatic carbocycles. The van der Waals surface area contributed by atoms with Crippen LogP contribution in [0.3, 0.4) is 0 Å². The molecule has 70 valence electrons. The van der Waals surface area contributed by atoms with Gasteiger partial charge in [0, 0.05) is 5.03 Å². The van der Waals surface area contributed by atoms with Gasteiger partial charge in [-0.3, -0.25) is 0 Å². The maximum Gasteiger partial charge on any atom is 0.0146 e. The predicted molar refractivity (Wildman–Crippen MR) is 55.3 cm³/mol. The number of allylic oxidation sites excluding steroid dienone is 2. The van der Waals surface area contributed by atoms with Gasteiger partial charge < -0.3 is 0 Å². The van der Waals surface area contributed by atoms with Crippen LogP contribution in [0.2, 0.25) is 0 Å². The Bertz CT molecular complexity index is 193. The van der Waals surface area contributed by atoms with Crippen molar-refractivity contribution >= 4 is 11.6 Å². The molecule has 2 unspecified atom stereocenters. The highest BCUT2D eigenvalue weighted by molar-refractivity contribution is 6.29. The van der Waals surface area contributed by atoms with E-state index in [1.54, 1.807) is 0 Å². The number of hydrogen-bond acceptors (Lipinski definition) is 0. The highest BCUT2D eigenvalue weighted by Crippen LogP contribution is 2.46. The Balaban J connectivity index is 2.83. The van der Waals surface area contributed by atoms with Crippen LogP contribution in [0.15, 0.2) is 11.1 Å². The van der Waals surface area contributed by atoms with Crippen molar-refractivity contribution in [2.45, 2.75) is 40.5 Å². The van der Waals surface area contributed by atoms with Gasteiger partial charge in [0.15, 0.2) is 0 Å². The Kier molecular flexibility index (Phi) is 2.88. The molecule has 0 aromatic rings. The SMILES string of the molecule is CC(C)C1(C)CC(Cl)=CCC1C. The van der Waals surface area contributed by atoms with E-state index in [2.05, 4.69) is 33.8 Å². The fourth-order valence-electron chi connectivity index (χ4n) is 1.96. The van der Waals surface area contributed by atoms with Crippen molar-refractivity contribution in [1.29, 1.82) is 0 Å². The third kappa shape index (κ3) is 1.69. The lowest BCUT2D eigenvalue weighted by atomic mass is 9.64. The van der Waals surface area contributed by atoms with Crippen LogP contribution < -0.4 is 0 Å². The second-order valence-corrected chi connectivity index (χ2v) is 5.11. The van der Waals surface area contributed by atoms with Crippen LogP contribution >= 0.6 is 11.6 Å². The molecule has 2 atom stereocenters. The third-order valence-corrected chi connectivity index (χ3v) is 3.98. The molecule has 1 heteroatoms. The zero-order valence-electron chi connectivity index (χ0n) is 8.52. The molecule has 1 aliphatic rings. The van der Waals surface area contributed by atoms with Crippen molar-refractivity contribution < 1.29 is 0 Å². The van der Waals surface area contributed by atoms with Crippen LogP contribution in [0, 0.1) is 17.3 Å². The first-order valence-electron chi connectivity index (χ1n) is 4.81. The van der Waals surface area contributed by atoms with Crippen molar-refractivity contribution in [2.75, 3.05) is 0 Å². The smallest absolute Gasteiger partial charge is 0.0146 e. The lowest BCUT2D eigenvalue weighted by Crippen LogP contribution is -2.33. The fourth-order valence-corrected chi connectivity index (χ4v) is 2.33. The van der Waals surface area contributed by atoms with E-state index in [1.807, 2.05) is 0 Å². The summed E-state index contributed by atoms with van der Waals surface area (Å²) in [5.41, 5.74) is 0.409. The molecule has 0 nitrogen and oxygen atoms in total. The van der Waals surface area contributed by atoms with Crippen LogP contribution in [0.5, 0.6) is 0 Å². The van der Waals surface area contributed by atoms with Gasteiger partial charge in [0.25, 0.3) is 0 Å². The first-order valence-corrected chi connectivity index (χ1v) is 5.19. The van der Waals surface area contributed by atoms with E-state index in [9.17, 15) is 0 Å². The molecular weight excluding hydrogens is 168 g/mol. The Hall–Kier alpha value is 0.0300. The lowest BCUT2D eigenvalue weighted by Gasteiger charge is -2.42. The Morgan fingerprint density at radius 2 is 2.17 bits per heavy atom. The minimum Gasteiger partial charge on any atom is -0.0895 e.